The zero-order chi connectivity index (χ0) is 17.6. The number of piperazine rings is 1. The van der Waals surface area contributed by atoms with Crippen molar-refractivity contribution in [1.29, 1.82) is 0 Å². The summed E-state index contributed by atoms with van der Waals surface area (Å²) < 4.78 is 0. The number of rotatable bonds is 2. The average Bonchev–Trinajstić information content (AvgIpc) is 3.04. The predicted molar refractivity (Wildman–Crippen MR) is 92.9 cm³/mol. The highest BCUT2D eigenvalue weighted by Gasteiger charge is 2.45. The van der Waals surface area contributed by atoms with Gasteiger partial charge in [0.1, 0.15) is 12.1 Å². The van der Waals surface area contributed by atoms with Gasteiger partial charge in [-0.2, -0.15) is 0 Å². The van der Waals surface area contributed by atoms with E-state index in [0.717, 1.165) is 10.8 Å². The number of hydrogen-bond donors (Lipinski definition) is 2. The number of carbonyl (C=O) groups excluding carboxylic acids is 3. The Morgan fingerprint density at radius 2 is 1.92 bits per heavy atom. The molecule has 6 nitrogen and oxygen atoms in total. The van der Waals surface area contributed by atoms with E-state index in [1.165, 1.54) is 0 Å². The third-order valence-corrected chi connectivity index (χ3v) is 4.96. The Morgan fingerprint density at radius 1 is 1.16 bits per heavy atom. The lowest BCUT2D eigenvalue weighted by Crippen LogP contribution is -2.60. The minimum atomic E-state index is -0.501. The molecule has 2 aromatic carbocycles. The van der Waals surface area contributed by atoms with Crippen LogP contribution in [0.5, 0.6) is 0 Å². The minimum Gasteiger partial charge on any atom is -0.347 e. The smallest absolute Gasteiger partial charge is 0.251 e. The molecule has 0 spiro atoms. The molecule has 3 amide bonds. The predicted octanol–water partition coefficient (Wildman–Crippen LogP) is 1.06. The summed E-state index contributed by atoms with van der Waals surface area (Å²) in [4.78, 5) is 38.4. The van der Waals surface area contributed by atoms with E-state index in [4.69, 9.17) is 0 Å². The summed E-state index contributed by atoms with van der Waals surface area (Å²) in [5.74, 6) is -0.418. The third-order valence-electron chi connectivity index (χ3n) is 4.96. The molecule has 0 aromatic heterocycles. The van der Waals surface area contributed by atoms with Gasteiger partial charge < -0.3 is 15.5 Å². The van der Waals surface area contributed by atoms with Crippen molar-refractivity contribution in [1.82, 2.24) is 15.5 Å². The quantitative estimate of drug-likeness (QED) is 0.860. The Bertz CT molecular complexity index is 879. The van der Waals surface area contributed by atoms with E-state index in [-0.39, 0.29) is 23.8 Å². The van der Waals surface area contributed by atoms with Gasteiger partial charge in [-0.05, 0) is 36.2 Å². The molecule has 4 rings (SSSR count). The molecule has 128 valence electrons. The molecule has 0 unspecified atom stereocenters. The Hall–Kier alpha value is -2.89. The highest BCUT2D eigenvalue weighted by molar-refractivity contribution is 6.00. The second kappa shape index (κ2) is 5.88. The fourth-order valence-corrected chi connectivity index (χ4v) is 3.65. The number of fused-ring (bicyclic) bond motifs is 2. The molecule has 2 fully saturated rings. The van der Waals surface area contributed by atoms with Gasteiger partial charge in [0, 0.05) is 18.2 Å². The summed E-state index contributed by atoms with van der Waals surface area (Å²) in [7, 11) is 0. The molecule has 6 heteroatoms. The van der Waals surface area contributed by atoms with Crippen molar-refractivity contribution in [3.05, 3.63) is 48.0 Å². The average molecular weight is 337 g/mol. The molecule has 0 radical (unpaired) electrons. The lowest BCUT2D eigenvalue weighted by atomic mass is 10.1. The van der Waals surface area contributed by atoms with Crippen molar-refractivity contribution in [3.8, 4) is 0 Å². The maximum Gasteiger partial charge on any atom is 0.251 e. The van der Waals surface area contributed by atoms with E-state index in [1.807, 2.05) is 36.4 Å². The lowest BCUT2D eigenvalue weighted by molar-refractivity contribution is -0.146. The molecule has 0 saturated carbocycles. The Balaban J connectivity index is 1.49. The molecule has 2 N–H and O–H groups in total. The number of hydrogen-bond acceptors (Lipinski definition) is 3. The second-order valence-electron chi connectivity index (χ2n) is 6.70. The number of nitrogens with one attached hydrogen (secondary N) is 2. The fraction of sp³-hybridized carbons (Fsp3) is 0.316. The van der Waals surface area contributed by atoms with Crippen LogP contribution in [0.25, 0.3) is 10.8 Å². The molecule has 2 aliphatic heterocycles. The van der Waals surface area contributed by atoms with Crippen LogP contribution >= 0.6 is 0 Å². The minimum absolute atomic E-state index is 0.0907. The molecule has 3 atom stereocenters. The van der Waals surface area contributed by atoms with E-state index in [9.17, 15) is 14.4 Å². The van der Waals surface area contributed by atoms with Gasteiger partial charge >= 0.3 is 0 Å². The normalized spacial score (nSPS) is 25.6. The van der Waals surface area contributed by atoms with Crippen molar-refractivity contribution in [2.75, 3.05) is 6.54 Å². The van der Waals surface area contributed by atoms with E-state index in [1.54, 1.807) is 17.9 Å². The fourth-order valence-electron chi connectivity index (χ4n) is 3.65. The Kier molecular flexibility index (Phi) is 3.67. The van der Waals surface area contributed by atoms with Crippen LogP contribution < -0.4 is 10.6 Å². The van der Waals surface area contributed by atoms with Crippen LogP contribution in [0.1, 0.15) is 23.7 Å². The second-order valence-corrected chi connectivity index (χ2v) is 6.70. The molecule has 2 saturated heterocycles. The van der Waals surface area contributed by atoms with Gasteiger partial charge in [-0.25, -0.2) is 0 Å². The van der Waals surface area contributed by atoms with Crippen LogP contribution in [-0.4, -0.2) is 47.3 Å². The van der Waals surface area contributed by atoms with Crippen molar-refractivity contribution in [2.24, 2.45) is 0 Å². The van der Waals surface area contributed by atoms with Gasteiger partial charge in [-0.15, -0.1) is 0 Å². The van der Waals surface area contributed by atoms with Gasteiger partial charge in [0.25, 0.3) is 5.91 Å². The zero-order valence-electron chi connectivity index (χ0n) is 13.9. The van der Waals surface area contributed by atoms with Crippen molar-refractivity contribution >= 4 is 28.5 Å². The highest BCUT2D eigenvalue weighted by atomic mass is 16.2. The first-order valence-corrected chi connectivity index (χ1v) is 8.43. The van der Waals surface area contributed by atoms with Crippen LogP contribution in [0.4, 0.5) is 0 Å². The lowest BCUT2D eigenvalue weighted by Gasteiger charge is -2.32. The first kappa shape index (κ1) is 15.6. The molecule has 2 heterocycles. The van der Waals surface area contributed by atoms with Gasteiger partial charge in [-0.3, -0.25) is 14.4 Å². The molecular formula is C19H19N3O3. The maximum absolute atomic E-state index is 12.6. The number of benzene rings is 2. The van der Waals surface area contributed by atoms with Crippen LogP contribution in [0.2, 0.25) is 0 Å². The van der Waals surface area contributed by atoms with Crippen LogP contribution in [-0.2, 0) is 9.59 Å². The van der Waals surface area contributed by atoms with Gasteiger partial charge in [0.15, 0.2) is 0 Å². The standard InChI is InChI=1S/C19H19N3O3/c1-11-19(25)22-10-15(9-16(22)18(24)20-11)21-17(23)14-7-6-12-4-2-3-5-13(12)8-14/h2-8,11,15-16H,9-10H2,1H3,(H,20,24)(H,21,23)/t11-,15-,16-/m0/s1. The molecular weight excluding hydrogens is 318 g/mol. The Morgan fingerprint density at radius 3 is 2.72 bits per heavy atom. The first-order valence-electron chi connectivity index (χ1n) is 8.43. The molecule has 0 aliphatic carbocycles. The van der Waals surface area contributed by atoms with Crippen molar-refractivity contribution in [2.45, 2.75) is 31.5 Å². The summed E-state index contributed by atoms with van der Waals surface area (Å²) in [6.07, 6.45) is 0.448. The van der Waals surface area contributed by atoms with Gasteiger partial charge in [0.2, 0.25) is 11.8 Å². The van der Waals surface area contributed by atoms with Gasteiger partial charge in [0.05, 0.1) is 0 Å². The number of carbonyl (C=O) groups is 3. The van der Waals surface area contributed by atoms with Crippen molar-refractivity contribution < 1.29 is 14.4 Å². The summed E-state index contributed by atoms with van der Waals surface area (Å²) in [5, 5.41) is 7.72. The summed E-state index contributed by atoms with van der Waals surface area (Å²) >= 11 is 0. The Labute approximate surface area is 145 Å². The van der Waals surface area contributed by atoms with E-state index in [2.05, 4.69) is 10.6 Å². The SMILES string of the molecule is C[C@@H]1NC(=O)[C@@H]2C[C@H](NC(=O)c3ccc4ccccc4c3)CN2C1=O. The largest absolute Gasteiger partial charge is 0.347 e. The van der Waals surface area contributed by atoms with Crippen LogP contribution in [0.3, 0.4) is 0 Å². The molecule has 2 aliphatic rings. The van der Waals surface area contributed by atoms with Crippen LogP contribution in [0, 0.1) is 0 Å². The zero-order valence-corrected chi connectivity index (χ0v) is 13.9. The molecule has 0 bridgehead atoms. The first-order chi connectivity index (χ1) is 12.0. The highest BCUT2D eigenvalue weighted by Crippen LogP contribution is 2.23. The summed E-state index contributed by atoms with van der Waals surface area (Å²) in [6, 6.07) is 12.2. The van der Waals surface area contributed by atoms with E-state index >= 15 is 0 Å². The van der Waals surface area contributed by atoms with E-state index in [0.29, 0.717) is 18.5 Å². The summed E-state index contributed by atoms with van der Waals surface area (Å²) in [6.45, 7) is 2.05. The topological polar surface area (TPSA) is 78.5 Å². The molecule has 2 aromatic rings. The van der Waals surface area contributed by atoms with E-state index < -0.39 is 12.1 Å². The van der Waals surface area contributed by atoms with Crippen molar-refractivity contribution in [3.63, 3.8) is 0 Å². The number of nitrogens with zero attached hydrogens (tertiary/aromatic N) is 1. The molecule has 25 heavy (non-hydrogen) atoms. The number of amides is 3. The van der Waals surface area contributed by atoms with Crippen LogP contribution in [0.15, 0.2) is 42.5 Å². The van der Waals surface area contributed by atoms with Gasteiger partial charge in [-0.1, -0.05) is 30.3 Å². The third kappa shape index (κ3) is 2.73. The monoisotopic (exact) mass is 337 g/mol. The summed E-state index contributed by atoms with van der Waals surface area (Å²) in [5.41, 5.74) is 0.577. The maximum atomic E-state index is 12.6.